The van der Waals surface area contributed by atoms with Gasteiger partial charge < -0.3 is 0 Å². The van der Waals surface area contributed by atoms with E-state index in [1.807, 2.05) is 11.3 Å². The molecule has 1 heterocycles. The molecule has 0 bridgehead atoms. The number of fused-ring (bicyclic) bond motifs is 9. The third-order valence-electron chi connectivity index (χ3n) is 13.4. The van der Waals surface area contributed by atoms with Gasteiger partial charge in [0, 0.05) is 20.2 Å². The van der Waals surface area contributed by atoms with Gasteiger partial charge in [-0.3, -0.25) is 0 Å². The lowest BCUT2D eigenvalue weighted by molar-refractivity contribution is -0.189. The van der Waals surface area contributed by atoms with Gasteiger partial charge in [0.2, 0.25) is 0 Å². The summed E-state index contributed by atoms with van der Waals surface area (Å²) in [7, 11) is 0. The van der Waals surface area contributed by atoms with Gasteiger partial charge in [-0.25, -0.2) is 0 Å². The summed E-state index contributed by atoms with van der Waals surface area (Å²) < 4.78 is 2.95. The van der Waals surface area contributed by atoms with Gasteiger partial charge in [-0.2, -0.15) is 0 Å². The first kappa shape index (κ1) is 22.5. The van der Waals surface area contributed by atoms with Crippen LogP contribution in [0.2, 0.25) is 0 Å². The number of thiophene rings is 1. The van der Waals surface area contributed by atoms with E-state index in [0.29, 0.717) is 0 Å². The third-order valence-corrected chi connectivity index (χ3v) is 14.6. The molecule has 6 aliphatic rings. The minimum Gasteiger partial charge on any atom is -0.135 e. The van der Waals surface area contributed by atoms with Crippen molar-refractivity contribution in [3.05, 3.63) is 48.0 Å². The van der Waals surface area contributed by atoms with Crippen LogP contribution in [0, 0.1) is 59.2 Å². The van der Waals surface area contributed by atoms with Crippen LogP contribution in [0.1, 0.15) is 95.0 Å². The van der Waals surface area contributed by atoms with E-state index in [2.05, 4.69) is 42.5 Å². The molecule has 8 atom stereocenters. The Morgan fingerprint density at radius 1 is 0.486 bits per heavy atom. The van der Waals surface area contributed by atoms with E-state index in [9.17, 15) is 0 Å². The molecule has 194 valence electrons. The monoisotopic (exact) mass is 508 g/mol. The fourth-order valence-electron chi connectivity index (χ4n) is 12.5. The molecule has 37 heavy (non-hydrogen) atoms. The van der Waals surface area contributed by atoms with E-state index >= 15 is 0 Å². The lowest BCUT2D eigenvalue weighted by Crippen LogP contribution is -2.61. The predicted octanol–water partition coefficient (Wildman–Crippen LogP) is 10.5. The third kappa shape index (κ3) is 3.25. The summed E-state index contributed by atoms with van der Waals surface area (Å²) in [5, 5.41) is 3.02. The highest BCUT2D eigenvalue weighted by atomic mass is 32.1. The Bertz CT molecular complexity index is 1270. The van der Waals surface area contributed by atoms with Crippen LogP contribution in [0.4, 0.5) is 0 Å². The summed E-state index contributed by atoms with van der Waals surface area (Å²) in [6.45, 7) is 0. The fourth-order valence-corrected chi connectivity index (χ4v) is 13.6. The molecule has 0 spiro atoms. The summed E-state index contributed by atoms with van der Waals surface area (Å²) in [6, 6.07) is 16.8. The van der Waals surface area contributed by atoms with Crippen molar-refractivity contribution in [2.45, 2.75) is 89.4 Å². The zero-order chi connectivity index (χ0) is 24.1. The maximum absolute atomic E-state index is 2.66. The molecule has 0 aliphatic heterocycles. The van der Waals surface area contributed by atoms with Crippen LogP contribution >= 0.6 is 11.3 Å². The van der Waals surface area contributed by atoms with E-state index in [1.165, 1.54) is 58.7 Å². The van der Waals surface area contributed by atoms with Crippen LogP contribution in [-0.2, 0) is 0 Å². The van der Waals surface area contributed by atoms with Crippen LogP contribution in [-0.4, -0.2) is 0 Å². The average Bonchev–Trinajstić information content (AvgIpc) is 3.34. The molecule has 3 aromatic rings. The van der Waals surface area contributed by atoms with Crippen molar-refractivity contribution in [1.82, 2.24) is 0 Å². The van der Waals surface area contributed by atoms with Crippen LogP contribution in [0.15, 0.2) is 42.5 Å². The van der Waals surface area contributed by atoms with Crippen molar-refractivity contribution in [3.63, 3.8) is 0 Å². The van der Waals surface area contributed by atoms with Gasteiger partial charge in [0.25, 0.3) is 0 Å². The van der Waals surface area contributed by atoms with E-state index < -0.39 is 0 Å². The molecule has 0 saturated heterocycles. The molecule has 0 radical (unpaired) electrons. The van der Waals surface area contributed by atoms with Crippen LogP contribution in [0.5, 0.6) is 0 Å². The maximum Gasteiger partial charge on any atom is 0.0355 e. The molecule has 9 rings (SSSR count). The summed E-state index contributed by atoms with van der Waals surface area (Å²) in [4.78, 5) is 0. The first-order valence-electron chi connectivity index (χ1n) is 16.3. The van der Waals surface area contributed by atoms with Gasteiger partial charge >= 0.3 is 0 Å². The van der Waals surface area contributed by atoms with Crippen LogP contribution < -0.4 is 0 Å². The molecule has 1 heteroatoms. The van der Waals surface area contributed by atoms with Gasteiger partial charge in [-0.15, -0.1) is 11.3 Å². The molecule has 8 unspecified atom stereocenters. The average molecular weight is 509 g/mol. The quantitative estimate of drug-likeness (QED) is 0.307. The van der Waals surface area contributed by atoms with Crippen molar-refractivity contribution < 1.29 is 0 Å². The van der Waals surface area contributed by atoms with E-state index in [0.717, 1.165) is 65.1 Å². The van der Waals surface area contributed by atoms with Crippen molar-refractivity contribution >= 4 is 31.5 Å². The maximum atomic E-state index is 2.66. The molecule has 6 fully saturated rings. The minimum absolute atomic E-state index is 0.802. The molecule has 0 nitrogen and oxygen atoms in total. The van der Waals surface area contributed by atoms with Gasteiger partial charge in [-0.1, -0.05) is 56.4 Å². The van der Waals surface area contributed by atoms with Crippen LogP contribution in [0.25, 0.3) is 20.2 Å². The summed E-state index contributed by atoms with van der Waals surface area (Å²) in [5.41, 5.74) is 1.70. The van der Waals surface area contributed by atoms with E-state index in [-0.39, 0.29) is 0 Å². The summed E-state index contributed by atoms with van der Waals surface area (Å²) >= 11 is 1.99. The second kappa shape index (κ2) is 8.58. The lowest BCUT2D eigenvalue weighted by atomic mass is 9.37. The molecule has 2 aromatic carbocycles. The van der Waals surface area contributed by atoms with Gasteiger partial charge in [-0.05, 0) is 140 Å². The zero-order valence-corrected chi connectivity index (χ0v) is 23.3. The van der Waals surface area contributed by atoms with Gasteiger partial charge in [0.15, 0.2) is 0 Å². The standard InChI is InChI=1S/C36H44S/c1-3-10-25-23(8-1)28-13-7-14-29-24-9-2-4-11-26(24)32-20-22(19-31(25)36(32)35(28)29)21-16-17-34-30(18-21)27-12-5-6-15-33(27)37-34/h5-6,12,15-18,22-26,28-29,31-32,35-36H,1-4,7-11,13-14,19-20H2. The zero-order valence-electron chi connectivity index (χ0n) is 22.5. The smallest absolute Gasteiger partial charge is 0.0355 e. The van der Waals surface area contributed by atoms with Crippen molar-refractivity contribution in [2.24, 2.45) is 59.2 Å². The van der Waals surface area contributed by atoms with E-state index in [1.54, 1.807) is 50.5 Å². The Labute approximate surface area is 227 Å². The predicted molar refractivity (Wildman–Crippen MR) is 157 cm³/mol. The van der Waals surface area contributed by atoms with E-state index in [4.69, 9.17) is 0 Å². The molecular formula is C36H44S. The van der Waals surface area contributed by atoms with Crippen molar-refractivity contribution in [1.29, 1.82) is 0 Å². The Hall–Kier alpha value is -1.34. The minimum atomic E-state index is 0.802. The van der Waals surface area contributed by atoms with Crippen LogP contribution in [0.3, 0.4) is 0 Å². The normalized spacial score (nSPS) is 44.7. The molecule has 0 N–H and O–H groups in total. The highest BCUT2D eigenvalue weighted by Crippen LogP contribution is 2.70. The first-order valence-corrected chi connectivity index (χ1v) is 17.1. The topological polar surface area (TPSA) is 0 Å². The molecule has 6 aliphatic carbocycles. The second-order valence-electron chi connectivity index (χ2n) is 14.5. The Kier molecular flexibility index (Phi) is 5.21. The molecule has 6 saturated carbocycles. The molecule has 0 amide bonds. The molecular weight excluding hydrogens is 464 g/mol. The summed E-state index contributed by atoms with van der Waals surface area (Å²) in [5.74, 6) is 11.6. The molecule has 1 aromatic heterocycles. The second-order valence-corrected chi connectivity index (χ2v) is 15.6. The summed E-state index contributed by atoms with van der Waals surface area (Å²) in [6.07, 6.45) is 20.2. The van der Waals surface area contributed by atoms with Gasteiger partial charge in [0.1, 0.15) is 0 Å². The Balaban J connectivity index is 1.15. The lowest BCUT2D eigenvalue weighted by Gasteiger charge is -2.68. The van der Waals surface area contributed by atoms with Crippen molar-refractivity contribution in [2.75, 3.05) is 0 Å². The number of hydrogen-bond donors (Lipinski definition) is 0. The first-order chi connectivity index (χ1) is 18.3. The fraction of sp³-hybridized carbons (Fsp3) is 0.667. The van der Waals surface area contributed by atoms with Crippen molar-refractivity contribution in [3.8, 4) is 0 Å². The highest BCUT2D eigenvalue weighted by molar-refractivity contribution is 7.25. The SMILES string of the molecule is c1ccc2c(c1)sc1ccc(C3CC4C5CCCCC5C5CCCC6C7CCCCC7C(C3)C4C56)cc12. The number of benzene rings is 2. The number of hydrogen-bond acceptors (Lipinski definition) is 1. The highest BCUT2D eigenvalue weighted by Gasteiger charge is 2.62. The Morgan fingerprint density at radius 3 is 1.70 bits per heavy atom. The largest absolute Gasteiger partial charge is 0.135 e. The Morgan fingerprint density at radius 2 is 1.03 bits per heavy atom. The van der Waals surface area contributed by atoms with Gasteiger partial charge in [0.05, 0.1) is 0 Å². The number of rotatable bonds is 1.